The third-order valence-electron chi connectivity index (χ3n) is 6.19. The lowest BCUT2D eigenvalue weighted by molar-refractivity contribution is 0.269. The van der Waals surface area contributed by atoms with Gasteiger partial charge in [-0.15, -0.1) is 12.4 Å². The Morgan fingerprint density at radius 3 is 1.43 bits per heavy atom. The summed E-state index contributed by atoms with van der Waals surface area (Å²) in [6.45, 7) is 2.30. The van der Waals surface area contributed by atoms with Gasteiger partial charge in [0.2, 0.25) is 0 Å². The van der Waals surface area contributed by atoms with Gasteiger partial charge in [-0.1, -0.05) is 134 Å². The number of likely N-dealkylation sites (N-methyl/N-ethyl adjacent to an activating group) is 1. The molecule has 0 aliphatic rings. The molecule has 178 valence electrons. The van der Waals surface area contributed by atoms with Gasteiger partial charge in [-0.2, -0.15) is 0 Å². The summed E-state index contributed by atoms with van der Waals surface area (Å²) < 4.78 is 0. The predicted octanol–water partition coefficient (Wildman–Crippen LogP) is 8.02. The van der Waals surface area contributed by atoms with Crippen LogP contribution in [-0.2, 0) is 6.42 Å². The topological polar surface area (TPSA) is 34.7 Å². The maximum atomic E-state index is 2.41. The summed E-state index contributed by atoms with van der Waals surface area (Å²) in [5.41, 5.74) is 1.47. The van der Waals surface area contributed by atoms with Crippen LogP contribution in [-0.4, -0.2) is 30.5 Å². The Morgan fingerprint density at radius 1 is 0.633 bits per heavy atom. The Kier molecular flexibility index (Phi) is 24.3. The van der Waals surface area contributed by atoms with Crippen molar-refractivity contribution in [2.24, 2.45) is 0 Å². The van der Waals surface area contributed by atoms with E-state index in [-0.39, 0.29) is 17.9 Å². The van der Waals surface area contributed by atoms with Gasteiger partial charge in [0, 0.05) is 6.04 Å². The number of benzene rings is 1. The summed E-state index contributed by atoms with van der Waals surface area (Å²) in [7, 11) is 4.47. The highest BCUT2D eigenvalue weighted by Crippen LogP contribution is 2.16. The van der Waals surface area contributed by atoms with Crippen molar-refractivity contribution in [1.29, 1.82) is 0 Å². The van der Waals surface area contributed by atoms with E-state index in [1.54, 1.807) is 0 Å². The Balaban J connectivity index is 0. The minimum Gasteiger partial charge on any atom is -0.412 e. The summed E-state index contributed by atoms with van der Waals surface area (Å²) in [5, 5.41) is 0. The summed E-state index contributed by atoms with van der Waals surface area (Å²) in [6, 6.07) is 11.7. The van der Waals surface area contributed by atoms with Crippen LogP contribution in [0.4, 0.5) is 0 Å². The number of nitrogens with zero attached hydrogens (tertiary/aromatic N) is 1. The van der Waals surface area contributed by atoms with E-state index in [0.717, 1.165) is 0 Å². The minimum absolute atomic E-state index is 0. The van der Waals surface area contributed by atoms with Crippen LogP contribution in [0.2, 0.25) is 0 Å². The van der Waals surface area contributed by atoms with Crippen LogP contribution in [0, 0.1) is 0 Å². The van der Waals surface area contributed by atoms with Gasteiger partial charge in [-0.05, 0) is 32.5 Å². The van der Waals surface area contributed by atoms with Crippen molar-refractivity contribution in [3.63, 3.8) is 0 Å². The van der Waals surface area contributed by atoms with Gasteiger partial charge in [-0.3, -0.25) is 0 Å². The van der Waals surface area contributed by atoms with E-state index in [9.17, 15) is 0 Å². The molecule has 0 bridgehead atoms. The maximum Gasteiger partial charge on any atom is 0.0130 e. The molecule has 1 rings (SSSR count). The molecule has 3 heteroatoms. The molecule has 0 radical (unpaired) electrons. The zero-order valence-corrected chi connectivity index (χ0v) is 21.2. The van der Waals surface area contributed by atoms with E-state index in [1.165, 1.54) is 115 Å². The van der Waals surface area contributed by atoms with Crippen LogP contribution in [0.15, 0.2) is 30.3 Å². The number of rotatable bonds is 19. The average molecular weight is 442 g/mol. The molecule has 0 aliphatic heterocycles. The molecular weight excluding hydrogens is 390 g/mol. The molecule has 30 heavy (non-hydrogen) atoms. The van der Waals surface area contributed by atoms with Gasteiger partial charge in [-0.25, -0.2) is 0 Å². The van der Waals surface area contributed by atoms with Gasteiger partial charge < -0.3 is 10.4 Å². The number of halogens is 1. The first-order chi connectivity index (χ1) is 13.7. The van der Waals surface area contributed by atoms with E-state index in [1.807, 2.05) is 0 Å². The monoisotopic (exact) mass is 441 g/mol. The number of hydrogen-bond acceptors (Lipinski definition) is 1. The van der Waals surface area contributed by atoms with Crippen molar-refractivity contribution in [2.45, 2.75) is 122 Å². The molecule has 0 aromatic heterocycles. The smallest absolute Gasteiger partial charge is 0.0130 e. The first kappa shape index (κ1) is 31.6. The minimum atomic E-state index is 0. The molecule has 2 nitrogen and oxygen atoms in total. The lowest BCUT2D eigenvalue weighted by Crippen LogP contribution is -2.30. The highest BCUT2D eigenvalue weighted by atomic mass is 35.5. The Labute approximate surface area is 194 Å². The van der Waals surface area contributed by atoms with Gasteiger partial charge in [0.25, 0.3) is 0 Å². The molecule has 0 amide bonds. The van der Waals surface area contributed by atoms with Gasteiger partial charge >= 0.3 is 0 Å². The standard InChI is InChI=1S/C27H49N.ClH.H2O/c1-4-5-6-7-8-9-10-11-12-13-14-15-16-17-21-24-27(28(2)3)25-26-22-19-18-20-23-26;;/h18-20,22-23,27H,4-17,21,24-25H2,1-3H3;1H;1H2. The van der Waals surface area contributed by atoms with Crippen LogP contribution in [0.25, 0.3) is 0 Å². The Hall–Kier alpha value is -0.570. The summed E-state index contributed by atoms with van der Waals surface area (Å²) in [6.07, 6.45) is 24.2. The van der Waals surface area contributed by atoms with E-state index in [4.69, 9.17) is 0 Å². The summed E-state index contributed by atoms with van der Waals surface area (Å²) >= 11 is 0. The van der Waals surface area contributed by atoms with Crippen LogP contribution in [0.5, 0.6) is 0 Å². The predicted molar refractivity (Wildman–Crippen MR) is 138 cm³/mol. The lowest BCUT2D eigenvalue weighted by Gasteiger charge is -2.24. The van der Waals surface area contributed by atoms with Crippen molar-refractivity contribution in [3.05, 3.63) is 35.9 Å². The highest BCUT2D eigenvalue weighted by Gasteiger charge is 2.11. The summed E-state index contributed by atoms with van der Waals surface area (Å²) in [4.78, 5) is 2.41. The van der Waals surface area contributed by atoms with E-state index in [2.05, 4.69) is 56.3 Å². The van der Waals surface area contributed by atoms with E-state index >= 15 is 0 Å². The molecule has 0 heterocycles. The van der Waals surface area contributed by atoms with E-state index < -0.39 is 0 Å². The van der Waals surface area contributed by atoms with Crippen LogP contribution in [0.1, 0.15) is 115 Å². The first-order valence-electron chi connectivity index (χ1n) is 12.4. The van der Waals surface area contributed by atoms with Crippen molar-refractivity contribution in [2.75, 3.05) is 14.1 Å². The largest absolute Gasteiger partial charge is 0.412 e. The fourth-order valence-corrected chi connectivity index (χ4v) is 4.18. The average Bonchev–Trinajstić information content (AvgIpc) is 2.70. The number of unbranched alkanes of at least 4 members (excludes halogenated alkanes) is 14. The second-order valence-corrected chi connectivity index (χ2v) is 9.05. The van der Waals surface area contributed by atoms with Crippen molar-refractivity contribution < 1.29 is 5.48 Å². The second kappa shape index (κ2) is 23.1. The number of hydrogen-bond donors (Lipinski definition) is 0. The van der Waals surface area contributed by atoms with Gasteiger partial charge in [0.1, 0.15) is 0 Å². The molecule has 1 aromatic rings. The van der Waals surface area contributed by atoms with Crippen LogP contribution < -0.4 is 0 Å². The molecule has 0 saturated heterocycles. The Bertz CT molecular complexity index is 438. The fourth-order valence-electron chi connectivity index (χ4n) is 4.18. The Morgan fingerprint density at radius 2 is 1.03 bits per heavy atom. The van der Waals surface area contributed by atoms with Crippen molar-refractivity contribution in [1.82, 2.24) is 4.90 Å². The molecule has 0 fully saturated rings. The highest BCUT2D eigenvalue weighted by molar-refractivity contribution is 5.85. The van der Waals surface area contributed by atoms with E-state index in [0.29, 0.717) is 6.04 Å². The molecular formula is C27H52ClNO. The zero-order chi connectivity index (χ0) is 20.3. The SMILES string of the molecule is CCCCCCCCCCCCCCCCCC(Cc1ccccc1)N(C)C.Cl.O. The third kappa shape index (κ3) is 18.2. The molecule has 0 saturated carbocycles. The normalized spacial score (nSPS) is 11.7. The van der Waals surface area contributed by atoms with Gasteiger partial charge in [0.15, 0.2) is 0 Å². The van der Waals surface area contributed by atoms with Crippen LogP contribution in [0.3, 0.4) is 0 Å². The zero-order valence-electron chi connectivity index (χ0n) is 20.3. The molecule has 1 aromatic carbocycles. The maximum absolute atomic E-state index is 2.41. The first-order valence-corrected chi connectivity index (χ1v) is 12.4. The molecule has 2 N–H and O–H groups in total. The van der Waals surface area contributed by atoms with Crippen molar-refractivity contribution in [3.8, 4) is 0 Å². The molecule has 1 unspecified atom stereocenters. The molecule has 0 spiro atoms. The second-order valence-electron chi connectivity index (χ2n) is 9.05. The van der Waals surface area contributed by atoms with Gasteiger partial charge in [0.05, 0.1) is 0 Å². The van der Waals surface area contributed by atoms with Crippen molar-refractivity contribution >= 4 is 12.4 Å². The fraction of sp³-hybridized carbons (Fsp3) is 0.778. The molecule has 0 aliphatic carbocycles. The lowest BCUT2D eigenvalue weighted by atomic mass is 9.98. The van der Waals surface area contributed by atoms with Crippen LogP contribution >= 0.6 is 12.4 Å². The quantitative estimate of drug-likeness (QED) is 0.200. The third-order valence-corrected chi connectivity index (χ3v) is 6.19. The molecule has 1 atom stereocenters. The summed E-state index contributed by atoms with van der Waals surface area (Å²) in [5.74, 6) is 0.